The molecule has 1 aromatic carbocycles. The van der Waals surface area contributed by atoms with Gasteiger partial charge in [-0.1, -0.05) is 17.3 Å². The summed E-state index contributed by atoms with van der Waals surface area (Å²) >= 11 is 0. The van der Waals surface area contributed by atoms with Gasteiger partial charge in [0.25, 0.3) is 0 Å². The van der Waals surface area contributed by atoms with Crippen LogP contribution in [0.2, 0.25) is 0 Å². The van der Waals surface area contributed by atoms with Gasteiger partial charge < -0.3 is 15.8 Å². The molecule has 1 aliphatic rings. The van der Waals surface area contributed by atoms with Crippen LogP contribution in [-0.2, 0) is 9.84 Å². The average Bonchev–Trinajstić information content (AvgIpc) is 2.37. The van der Waals surface area contributed by atoms with Crippen LogP contribution in [0.5, 0.6) is 0 Å². The zero-order valence-electron chi connectivity index (χ0n) is 10.7. The summed E-state index contributed by atoms with van der Waals surface area (Å²) in [7, 11) is -2.96. The fraction of sp³-hybridized carbons (Fsp3) is 0.417. The van der Waals surface area contributed by atoms with Crippen LogP contribution < -0.4 is 10.6 Å². The van der Waals surface area contributed by atoms with Gasteiger partial charge in [0.15, 0.2) is 15.7 Å². The first kappa shape index (κ1) is 13.7. The summed E-state index contributed by atoms with van der Waals surface area (Å²) in [5.41, 5.74) is 7.05. The number of anilines is 1. The molecule has 1 aromatic rings. The van der Waals surface area contributed by atoms with Gasteiger partial charge in [-0.05, 0) is 19.1 Å². The molecule has 1 unspecified atom stereocenters. The molecule has 0 spiro atoms. The second kappa shape index (κ2) is 5.08. The molecule has 6 nitrogen and oxygen atoms in total. The highest BCUT2D eigenvalue weighted by molar-refractivity contribution is 7.91. The molecule has 3 N–H and O–H groups in total. The van der Waals surface area contributed by atoms with Crippen molar-refractivity contribution in [1.82, 2.24) is 0 Å². The number of rotatable bonds is 2. The van der Waals surface area contributed by atoms with Gasteiger partial charge >= 0.3 is 0 Å². The van der Waals surface area contributed by atoms with E-state index < -0.39 is 9.84 Å². The summed E-state index contributed by atoms with van der Waals surface area (Å²) < 4.78 is 23.2. The van der Waals surface area contributed by atoms with Crippen molar-refractivity contribution in [3.8, 4) is 0 Å². The monoisotopic (exact) mass is 283 g/mol. The molecule has 19 heavy (non-hydrogen) atoms. The SMILES string of the molecule is CC1CS(=O)(=O)CCN1c1ccccc1/C(N)=N/O. The van der Waals surface area contributed by atoms with E-state index in [9.17, 15) is 8.42 Å². The van der Waals surface area contributed by atoms with Crippen molar-refractivity contribution in [3.63, 3.8) is 0 Å². The molecule has 0 radical (unpaired) electrons. The lowest BCUT2D eigenvalue weighted by atomic mass is 10.1. The zero-order chi connectivity index (χ0) is 14.0. The molecule has 7 heteroatoms. The number of hydrogen-bond acceptors (Lipinski definition) is 5. The third-order valence-corrected chi connectivity index (χ3v) is 5.06. The third kappa shape index (κ3) is 2.81. The topological polar surface area (TPSA) is 96.0 Å². The summed E-state index contributed by atoms with van der Waals surface area (Å²) in [6.07, 6.45) is 0. The maximum Gasteiger partial charge on any atom is 0.172 e. The van der Waals surface area contributed by atoms with Crippen LogP contribution in [0.1, 0.15) is 12.5 Å². The summed E-state index contributed by atoms with van der Waals surface area (Å²) in [5.74, 6) is 0.274. The molecule has 1 atom stereocenters. The van der Waals surface area contributed by atoms with E-state index in [4.69, 9.17) is 10.9 Å². The summed E-state index contributed by atoms with van der Waals surface area (Å²) in [6.45, 7) is 2.28. The van der Waals surface area contributed by atoms with Crippen molar-refractivity contribution in [2.24, 2.45) is 10.9 Å². The Labute approximate surface area is 112 Å². The van der Waals surface area contributed by atoms with Crippen LogP contribution in [-0.4, -0.2) is 43.6 Å². The second-order valence-electron chi connectivity index (χ2n) is 4.66. The summed E-state index contributed by atoms with van der Waals surface area (Å²) in [4.78, 5) is 1.98. The van der Waals surface area contributed by atoms with Crippen molar-refractivity contribution >= 4 is 21.4 Å². The van der Waals surface area contributed by atoms with Crippen LogP contribution in [0.4, 0.5) is 5.69 Å². The Morgan fingerprint density at radius 1 is 1.47 bits per heavy atom. The van der Waals surface area contributed by atoms with Crippen LogP contribution in [0.15, 0.2) is 29.4 Å². The number of amidine groups is 1. The fourth-order valence-electron chi connectivity index (χ4n) is 2.35. The number of para-hydroxylation sites is 1. The lowest BCUT2D eigenvalue weighted by molar-refractivity contribution is 0.318. The molecule has 0 bridgehead atoms. The van der Waals surface area contributed by atoms with E-state index in [1.165, 1.54) is 0 Å². The Kier molecular flexibility index (Phi) is 3.66. The van der Waals surface area contributed by atoms with Crippen molar-refractivity contribution in [2.75, 3.05) is 23.0 Å². The number of sulfone groups is 1. The molecule has 1 fully saturated rings. The lowest BCUT2D eigenvalue weighted by Crippen LogP contribution is -2.47. The molecule has 1 aliphatic heterocycles. The first-order chi connectivity index (χ1) is 8.94. The zero-order valence-corrected chi connectivity index (χ0v) is 11.5. The van der Waals surface area contributed by atoms with Crippen molar-refractivity contribution in [1.29, 1.82) is 0 Å². The highest BCUT2D eigenvalue weighted by Crippen LogP contribution is 2.25. The van der Waals surface area contributed by atoms with E-state index in [2.05, 4.69) is 5.16 Å². The third-order valence-electron chi connectivity index (χ3n) is 3.27. The second-order valence-corrected chi connectivity index (χ2v) is 6.89. The first-order valence-corrected chi connectivity index (χ1v) is 7.81. The summed E-state index contributed by atoms with van der Waals surface area (Å²) in [5, 5.41) is 11.8. The van der Waals surface area contributed by atoms with Crippen LogP contribution >= 0.6 is 0 Å². The van der Waals surface area contributed by atoms with E-state index in [1.54, 1.807) is 12.1 Å². The van der Waals surface area contributed by atoms with Gasteiger partial charge in [0.1, 0.15) is 0 Å². The van der Waals surface area contributed by atoms with Crippen LogP contribution in [0.25, 0.3) is 0 Å². The maximum absolute atomic E-state index is 11.6. The summed E-state index contributed by atoms with van der Waals surface area (Å²) in [6, 6.07) is 7.11. The fourth-order valence-corrected chi connectivity index (χ4v) is 3.91. The Hall–Kier alpha value is -1.76. The molecule has 0 aliphatic carbocycles. The van der Waals surface area contributed by atoms with Gasteiger partial charge in [0.05, 0.1) is 11.5 Å². The van der Waals surface area contributed by atoms with Gasteiger partial charge in [0.2, 0.25) is 0 Å². The van der Waals surface area contributed by atoms with Crippen molar-refractivity contribution in [3.05, 3.63) is 29.8 Å². The Bertz CT molecular complexity index is 598. The molecule has 0 amide bonds. The minimum absolute atomic E-state index is 0.0243. The normalized spacial score (nSPS) is 23.3. The van der Waals surface area contributed by atoms with Gasteiger partial charge in [-0.25, -0.2) is 8.42 Å². The van der Waals surface area contributed by atoms with E-state index in [0.29, 0.717) is 12.1 Å². The molecule has 0 aromatic heterocycles. The van der Waals surface area contributed by atoms with Crippen molar-refractivity contribution < 1.29 is 13.6 Å². The number of benzene rings is 1. The average molecular weight is 283 g/mol. The van der Waals surface area contributed by atoms with Crippen LogP contribution in [0.3, 0.4) is 0 Å². The maximum atomic E-state index is 11.6. The minimum atomic E-state index is -2.96. The largest absolute Gasteiger partial charge is 0.409 e. The standard InChI is InChI=1S/C12H17N3O3S/c1-9-8-19(17,18)7-6-15(9)11-5-3-2-4-10(11)12(13)14-16/h2-5,9,16H,6-8H2,1H3,(H2,13,14). The Morgan fingerprint density at radius 2 is 2.16 bits per heavy atom. The number of nitrogens with zero attached hydrogens (tertiary/aromatic N) is 2. The molecule has 0 saturated carbocycles. The van der Waals surface area contributed by atoms with Gasteiger partial charge in [-0.3, -0.25) is 0 Å². The van der Waals surface area contributed by atoms with Gasteiger partial charge in [-0.15, -0.1) is 0 Å². The highest BCUT2D eigenvalue weighted by atomic mass is 32.2. The predicted molar refractivity (Wildman–Crippen MR) is 74.4 cm³/mol. The van der Waals surface area contributed by atoms with Gasteiger partial charge in [0, 0.05) is 23.8 Å². The molecular formula is C12H17N3O3S. The van der Waals surface area contributed by atoms with E-state index in [1.807, 2.05) is 24.0 Å². The molecule has 1 heterocycles. The lowest BCUT2D eigenvalue weighted by Gasteiger charge is -2.36. The van der Waals surface area contributed by atoms with E-state index in [0.717, 1.165) is 5.69 Å². The minimum Gasteiger partial charge on any atom is -0.409 e. The molecule has 104 valence electrons. The number of oxime groups is 1. The Morgan fingerprint density at radius 3 is 2.79 bits per heavy atom. The number of hydrogen-bond donors (Lipinski definition) is 2. The molecule has 2 rings (SSSR count). The first-order valence-electron chi connectivity index (χ1n) is 5.98. The number of nitrogens with two attached hydrogens (primary N) is 1. The highest BCUT2D eigenvalue weighted by Gasteiger charge is 2.29. The van der Waals surface area contributed by atoms with Crippen molar-refractivity contribution in [2.45, 2.75) is 13.0 Å². The van der Waals surface area contributed by atoms with Crippen LogP contribution in [0, 0.1) is 0 Å². The smallest absolute Gasteiger partial charge is 0.172 e. The molecular weight excluding hydrogens is 266 g/mol. The van der Waals surface area contributed by atoms with E-state index in [-0.39, 0.29) is 23.4 Å². The van der Waals surface area contributed by atoms with Gasteiger partial charge in [-0.2, -0.15) is 0 Å². The van der Waals surface area contributed by atoms with E-state index >= 15 is 0 Å². The quantitative estimate of drug-likeness (QED) is 0.354. The Balaban J connectivity index is 2.38. The molecule has 1 saturated heterocycles. The predicted octanol–water partition coefficient (Wildman–Crippen LogP) is 0.404.